The number of aliphatic hydroxyl groups is 1. The van der Waals surface area contributed by atoms with Crippen molar-refractivity contribution in [1.29, 1.82) is 0 Å². The summed E-state index contributed by atoms with van der Waals surface area (Å²) in [6.45, 7) is 6.61. The Morgan fingerprint density at radius 3 is 2.87 bits per heavy atom. The van der Waals surface area contributed by atoms with Gasteiger partial charge in [-0.05, 0) is 79.6 Å². The Kier molecular flexibility index (Phi) is 3.29. The number of rotatable bonds is 1. The first-order valence-electron chi connectivity index (χ1n) is 9.28. The third-order valence-electron chi connectivity index (χ3n) is 7.39. The zero-order valence-electron chi connectivity index (χ0n) is 14.6. The maximum atomic E-state index is 11.8. The number of carbonyl (C=O) groups is 1. The highest BCUT2D eigenvalue weighted by molar-refractivity contribution is 5.93. The van der Waals surface area contributed by atoms with Crippen molar-refractivity contribution in [2.75, 3.05) is 0 Å². The maximum absolute atomic E-state index is 11.8. The fourth-order valence-electron chi connectivity index (χ4n) is 6.21. The first-order chi connectivity index (χ1) is 10.9. The topological polar surface area (TPSA) is 37.3 Å². The summed E-state index contributed by atoms with van der Waals surface area (Å²) >= 11 is 0. The van der Waals surface area contributed by atoms with Crippen LogP contribution in [-0.4, -0.2) is 16.5 Å². The molecule has 0 aromatic rings. The van der Waals surface area contributed by atoms with Gasteiger partial charge in [0.25, 0.3) is 0 Å². The normalized spacial score (nSPS) is 45.5. The Labute approximate surface area is 139 Å². The van der Waals surface area contributed by atoms with Gasteiger partial charge in [-0.15, -0.1) is 0 Å². The molecule has 23 heavy (non-hydrogen) atoms. The molecule has 0 bridgehead atoms. The van der Waals surface area contributed by atoms with Gasteiger partial charge in [0.1, 0.15) is 0 Å². The van der Waals surface area contributed by atoms with Crippen LogP contribution in [0.2, 0.25) is 0 Å². The van der Waals surface area contributed by atoms with Crippen LogP contribution in [0, 0.1) is 23.2 Å². The van der Waals surface area contributed by atoms with Crippen LogP contribution in [0.4, 0.5) is 0 Å². The van der Waals surface area contributed by atoms with Gasteiger partial charge in [-0.3, -0.25) is 4.79 Å². The van der Waals surface area contributed by atoms with Crippen molar-refractivity contribution in [3.8, 4) is 0 Å². The molecule has 3 unspecified atom stereocenters. The monoisotopic (exact) mass is 312 g/mol. The average molecular weight is 312 g/mol. The number of fused-ring (bicyclic) bond motifs is 4. The molecular weight excluding hydrogens is 284 g/mol. The second kappa shape index (κ2) is 4.92. The fourth-order valence-corrected chi connectivity index (χ4v) is 6.21. The van der Waals surface area contributed by atoms with Crippen LogP contribution in [0.15, 0.2) is 34.9 Å². The van der Waals surface area contributed by atoms with Gasteiger partial charge in [-0.25, -0.2) is 0 Å². The molecule has 2 heteroatoms. The Hall–Kier alpha value is -1.15. The molecule has 1 saturated carbocycles. The second-order valence-corrected chi connectivity index (χ2v) is 8.42. The van der Waals surface area contributed by atoms with Crippen LogP contribution in [0.3, 0.4) is 0 Å². The van der Waals surface area contributed by atoms with Gasteiger partial charge < -0.3 is 5.11 Å². The highest BCUT2D eigenvalue weighted by Gasteiger charge is 2.59. The number of hydrogen-bond donors (Lipinski definition) is 1. The molecule has 4 aliphatic rings. The van der Waals surface area contributed by atoms with E-state index in [0.717, 1.165) is 32.1 Å². The summed E-state index contributed by atoms with van der Waals surface area (Å²) in [5, 5.41) is 11.1. The molecule has 124 valence electrons. The summed E-state index contributed by atoms with van der Waals surface area (Å²) in [4.78, 5) is 11.8. The van der Waals surface area contributed by atoms with E-state index in [1.54, 1.807) is 0 Å². The quantitative estimate of drug-likeness (QED) is 0.781. The molecule has 0 saturated heterocycles. The standard InChI is InChI=1S/C21H28O2/c1-4-21-10-7-17-16-6-5-15(22)12-14(16)11-13(2)19(17)18(21)8-9-20(21,3)23/h7,10,12-13,18-19,23H,4-6,8-9,11H2,1-3H3/t13-,18?,19?,20+,21?/m1/s1. The molecule has 0 aliphatic heterocycles. The molecule has 0 amide bonds. The van der Waals surface area contributed by atoms with E-state index in [-0.39, 0.29) is 5.41 Å². The Balaban J connectivity index is 1.88. The van der Waals surface area contributed by atoms with Gasteiger partial charge >= 0.3 is 0 Å². The Bertz CT molecular complexity index is 649. The molecule has 4 rings (SSSR count). The van der Waals surface area contributed by atoms with Crippen molar-refractivity contribution < 1.29 is 9.90 Å². The van der Waals surface area contributed by atoms with Crippen molar-refractivity contribution in [3.05, 3.63) is 34.9 Å². The number of ketones is 1. The summed E-state index contributed by atoms with van der Waals surface area (Å²) in [6, 6.07) is 0. The summed E-state index contributed by atoms with van der Waals surface area (Å²) in [5.41, 5.74) is 3.56. The van der Waals surface area contributed by atoms with Crippen LogP contribution in [0.1, 0.15) is 59.3 Å². The molecule has 4 aliphatic carbocycles. The highest BCUT2D eigenvalue weighted by atomic mass is 16.3. The van der Waals surface area contributed by atoms with E-state index in [4.69, 9.17) is 0 Å². The summed E-state index contributed by atoms with van der Waals surface area (Å²) in [6.07, 6.45) is 12.2. The molecule has 0 aromatic heterocycles. The minimum absolute atomic E-state index is 0.0678. The van der Waals surface area contributed by atoms with E-state index in [1.165, 1.54) is 16.7 Å². The van der Waals surface area contributed by atoms with Crippen LogP contribution in [-0.2, 0) is 4.79 Å². The zero-order chi connectivity index (χ0) is 16.4. The zero-order valence-corrected chi connectivity index (χ0v) is 14.6. The molecular formula is C21H28O2. The summed E-state index contributed by atoms with van der Waals surface area (Å²) in [7, 11) is 0. The molecule has 2 nitrogen and oxygen atoms in total. The van der Waals surface area contributed by atoms with E-state index < -0.39 is 5.60 Å². The average Bonchev–Trinajstić information content (AvgIpc) is 2.78. The summed E-state index contributed by atoms with van der Waals surface area (Å²) < 4.78 is 0. The van der Waals surface area contributed by atoms with Gasteiger partial charge in [-0.1, -0.05) is 26.0 Å². The minimum Gasteiger partial charge on any atom is -0.389 e. The SMILES string of the molecule is CCC12C=CC3=C4CCC(=O)C=C4C[C@@H](C)C3C1CC[C@]2(C)O. The maximum Gasteiger partial charge on any atom is 0.156 e. The number of allylic oxidation sites excluding steroid dienone is 5. The number of carbonyl (C=O) groups excluding carboxylic acids is 1. The van der Waals surface area contributed by atoms with E-state index in [2.05, 4.69) is 26.0 Å². The van der Waals surface area contributed by atoms with Gasteiger partial charge in [0.15, 0.2) is 5.78 Å². The first kappa shape index (κ1) is 15.4. The highest BCUT2D eigenvalue weighted by Crippen LogP contribution is 2.63. The summed E-state index contributed by atoms with van der Waals surface area (Å²) in [5.74, 6) is 1.95. The van der Waals surface area contributed by atoms with Crippen LogP contribution < -0.4 is 0 Å². The molecule has 0 radical (unpaired) electrons. The minimum atomic E-state index is -0.586. The van der Waals surface area contributed by atoms with Crippen molar-refractivity contribution >= 4 is 5.78 Å². The molecule has 1 N–H and O–H groups in total. The van der Waals surface area contributed by atoms with Crippen molar-refractivity contribution in [1.82, 2.24) is 0 Å². The molecule has 0 aromatic carbocycles. The third-order valence-corrected chi connectivity index (χ3v) is 7.39. The van der Waals surface area contributed by atoms with Gasteiger partial charge in [0.2, 0.25) is 0 Å². The largest absolute Gasteiger partial charge is 0.389 e. The predicted molar refractivity (Wildman–Crippen MR) is 91.8 cm³/mol. The fraction of sp³-hybridized carbons (Fsp3) is 0.667. The van der Waals surface area contributed by atoms with E-state index >= 15 is 0 Å². The van der Waals surface area contributed by atoms with Gasteiger partial charge in [-0.2, -0.15) is 0 Å². The predicted octanol–water partition coefficient (Wildman–Crippen LogP) is 4.36. The Morgan fingerprint density at radius 1 is 1.35 bits per heavy atom. The van der Waals surface area contributed by atoms with Crippen LogP contribution in [0.25, 0.3) is 0 Å². The molecule has 5 atom stereocenters. The number of hydrogen-bond acceptors (Lipinski definition) is 2. The lowest BCUT2D eigenvalue weighted by molar-refractivity contribution is -0.114. The van der Waals surface area contributed by atoms with Crippen molar-refractivity contribution in [2.24, 2.45) is 23.2 Å². The lowest BCUT2D eigenvalue weighted by atomic mass is 9.54. The molecule has 1 fully saturated rings. The van der Waals surface area contributed by atoms with E-state index in [9.17, 15) is 9.90 Å². The molecule has 0 spiro atoms. The van der Waals surface area contributed by atoms with E-state index in [0.29, 0.717) is 30.0 Å². The lowest BCUT2D eigenvalue weighted by Gasteiger charge is -2.51. The van der Waals surface area contributed by atoms with Crippen LogP contribution in [0.5, 0.6) is 0 Å². The van der Waals surface area contributed by atoms with Crippen molar-refractivity contribution in [3.63, 3.8) is 0 Å². The van der Waals surface area contributed by atoms with E-state index in [1.807, 2.05) is 13.0 Å². The van der Waals surface area contributed by atoms with Gasteiger partial charge in [0.05, 0.1) is 5.60 Å². The van der Waals surface area contributed by atoms with Crippen molar-refractivity contribution in [2.45, 2.75) is 64.9 Å². The Morgan fingerprint density at radius 2 is 2.13 bits per heavy atom. The van der Waals surface area contributed by atoms with Crippen LogP contribution >= 0.6 is 0 Å². The molecule has 0 heterocycles. The first-order valence-corrected chi connectivity index (χ1v) is 9.28. The smallest absolute Gasteiger partial charge is 0.156 e. The lowest BCUT2D eigenvalue weighted by Crippen LogP contribution is -2.48. The third kappa shape index (κ3) is 1.94. The second-order valence-electron chi connectivity index (χ2n) is 8.42. The van der Waals surface area contributed by atoms with Gasteiger partial charge in [0, 0.05) is 11.8 Å².